The Kier molecular flexibility index (Phi) is 6.62. The molecule has 138 valence electrons. The molecular weight excluding hydrogens is 540 g/mol. The van der Waals surface area contributed by atoms with Gasteiger partial charge in [0.05, 0.1) is 16.7 Å². The van der Waals surface area contributed by atoms with Crippen molar-refractivity contribution in [3.63, 3.8) is 0 Å². The minimum atomic E-state index is -0.368. The lowest BCUT2D eigenvalue weighted by atomic mass is 10.1. The van der Waals surface area contributed by atoms with Crippen LogP contribution in [0.1, 0.15) is 28.5 Å². The number of amides is 1. The maximum absolute atomic E-state index is 12.4. The summed E-state index contributed by atoms with van der Waals surface area (Å²) >= 11 is 10.2. The average molecular weight is 555 g/mol. The van der Waals surface area contributed by atoms with Gasteiger partial charge >= 0.3 is 0 Å². The number of benzene rings is 2. The second-order valence-electron chi connectivity index (χ2n) is 5.79. The fraction of sp³-hybridized carbons (Fsp3) is 0.105. The van der Waals surface area contributed by atoms with Gasteiger partial charge in [0.2, 0.25) is 0 Å². The minimum Gasteiger partial charge on any atom is -0.266 e. The van der Waals surface area contributed by atoms with E-state index in [2.05, 4.69) is 63.4 Å². The Morgan fingerprint density at radius 3 is 2.26 bits per heavy atom. The topological polar surface area (TPSA) is 59.3 Å². The van der Waals surface area contributed by atoms with Gasteiger partial charge in [0, 0.05) is 15.1 Å². The normalized spacial score (nSPS) is 11.5. The van der Waals surface area contributed by atoms with Gasteiger partial charge in [0.25, 0.3) is 5.91 Å². The molecule has 1 heterocycles. The third-order valence-corrected chi connectivity index (χ3v) is 5.41. The Hall–Kier alpha value is -1.77. The molecule has 0 bridgehead atoms. The highest BCUT2D eigenvalue weighted by Gasteiger charge is 2.15. The zero-order valence-corrected chi connectivity index (χ0v) is 19.0. The van der Waals surface area contributed by atoms with Crippen LogP contribution < -0.4 is 5.43 Å². The number of hydrazone groups is 1. The number of aromatic nitrogens is 2. The van der Waals surface area contributed by atoms with E-state index in [9.17, 15) is 4.79 Å². The molecule has 0 spiro atoms. The molecule has 0 aliphatic rings. The molecule has 0 unspecified atom stereocenters. The van der Waals surface area contributed by atoms with Crippen molar-refractivity contribution in [2.75, 3.05) is 0 Å². The molecule has 0 aliphatic carbocycles. The van der Waals surface area contributed by atoms with Crippen molar-refractivity contribution in [3.8, 4) is 0 Å². The molecule has 8 heteroatoms. The zero-order valence-electron chi connectivity index (χ0n) is 14.3. The van der Waals surface area contributed by atoms with Crippen LogP contribution in [0.2, 0.25) is 0 Å². The van der Waals surface area contributed by atoms with Crippen LogP contribution in [-0.4, -0.2) is 21.4 Å². The Labute approximate surface area is 182 Å². The van der Waals surface area contributed by atoms with E-state index in [0.717, 1.165) is 20.1 Å². The van der Waals surface area contributed by atoms with E-state index in [-0.39, 0.29) is 5.91 Å². The average Bonchev–Trinajstić information content (AvgIpc) is 3.02. The van der Waals surface area contributed by atoms with Crippen LogP contribution in [0.15, 0.2) is 73.2 Å². The Morgan fingerprint density at radius 1 is 1.04 bits per heavy atom. The number of nitrogens with zero attached hydrogens (tertiary/aromatic N) is 3. The van der Waals surface area contributed by atoms with E-state index in [1.54, 1.807) is 10.9 Å². The number of nitrogens with one attached hydrogen (secondary N) is 1. The summed E-state index contributed by atoms with van der Waals surface area (Å²) in [6.45, 7) is 2.41. The first-order chi connectivity index (χ1) is 12.9. The molecule has 0 fully saturated rings. The first-order valence-corrected chi connectivity index (χ1v) is 10.4. The number of carbonyl (C=O) groups excluding carboxylic acids is 1. The molecule has 27 heavy (non-hydrogen) atoms. The lowest BCUT2D eigenvalue weighted by Gasteiger charge is -2.03. The third-order valence-electron chi connectivity index (χ3n) is 3.78. The van der Waals surface area contributed by atoms with Crippen molar-refractivity contribution < 1.29 is 4.79 Å². The SMILES string of the molecule is C/C(=N/NC(=O)c1nn(Cc2ccc(Br)cc2)cc1Br)c1ccc(Br)cc1. The molecule has 0 radical (unpaired) electrons. The molecule has 5 nitrogen and oxygen atoms in total. The molecule has 1 N–H and O–H groups in total. The van der Waals surface area contributed by atoms with E-state index in [0.29, 0.717) is 22.4 Å². The molecule has 0 aliphatic heterocycles. The van der Waals surface area contributed by atoms with E-state index >= 15 is 0 Å². The largest absolute Gasteiger partial charge is 0.293 e. The number of hydrogen-bond acceptors (Lipinski definition) is 3. The summed E-state index contributed by atoms with van der Waals surface area (Å²) in [6, 6.07) is 15.7. The van der Waals surface area contributed by atoms with Gasteiger partial charge in [-0.1, -0.05) is 56.1 Å². The van der Waals surface area contributed by atoms with Gasteiger partial charge in [-0.3, -0.25) is 9.48 Å². The van der Waals surface area contributed by atoms with Crippen LogP contribution in [0.3, 0.4) is 0 Å². The van der Waals surface area contributed by atoms with Crippen LogP contribution in [0.25, 0.3) is 0 Å². The van der Waals surface area contributed by atoms with Crippen molar-refractivity contribution in [1.82, 2.24) is 15.2 Å². The molecular formula is C19H15Br3N4O. The van der Waals surface area contributed by atoms with E-state index in [1.807, 2.05) is 55.5 Å². The number of carbonyl (C=O) groups is 1. The third kappa shape index (κ3) is 5.37. The minimum absolute atomic E-state index is 0.291. The molecule has 0 saturated carbocycles. The summed E-state index contributed by atoms with van der Waals surface area (Å²) in [6.07, 6.45) is 1.78. The summed E-state index contributed by atoms with van der Waals surface area (Å²) < 4.78 is 4.34. The lowest BCUT2D eigenvalue weighted by Crippen LogP contribution is -2.20. The Morgan fingerprint density at radius 2 is 1.63 bits per heavy atom. The summed E-state index contributed by atoms with van der Waals surface area (Å²) in [4.78, 5) is 12.4. The number of halogens is 3. The fourth-order valence-electron chi connectivity index (χ4n) is 2.35. The zero-order chi connectivity index (χ0) is 19.4. The first-order valence-electron chi connectivity index (χ1n) is 8.00. The Balaban J connectivity index is 1.69. The van der Waals surface area contributed by atoms with Crippen molar-refractivity contribution in [2.45, 2.75) is 13.5 Å². The van der Waals surface area contributed by atoms with E-state index in [1.165, 1.54) is 0 Å². The maximum Gasteiger partial charge on any atom is 0.293 e. The summed E-state index contributed by atoms with van der Waals surface area (Å²) in [5.74, 6) is -0.368. The van der Waals surface area contributed by atoms with Gasteiger partial charge in [-0.25, -0.2) is 5.43 Å². The molecule has 3 rings (SSSR count). The summed E-state index contributed by atoms with van der Waals surface area (Å²) in [5.41, 5.74) is 5.58. The molecule has 2 aromatic carbocycles. The highest BCUT2D eigenvalue weighted by molar-refractivity contribution is 9.11. The number of rotatable bonds is 5. The summed E-state index contributed by atoms with van der Waals surface area (Å²) in [7, 11) is 0. The van der Waals surface area contributed by atoms with Crippen molar-refractivity contribution in [1.29, 1.82) is 0 Å². The van der Waals surface area contributed by atoms with Gasteiger partial charge in [-0.15, -0.1) is 0 Å². The van der Waals surface area contributed by atoms with E-state index < -0.39 is 0 Å². The summed E-state index contributed by atoms with van der Waals surface area (Å²) in [5, 5.41) is 8.53. The monoisotopic (exact) mass is 552 g/mol. The molecule has 3 aromatic rings. The predicted octanol–water partition coefficient (Wildman–Crippen LogP) is 5.37. The smallest absolute Gasteiger partial charge is 0.266 e. The van der Waals surface area contributed by atoms with Crippen LogP contribution in [-0.2, 0) is 6.54 Å². The van der Waals surface area contributed by atoms with Crippen molar-refractivity contribution in [2.24, 2.45) is 5.10 Å². The van der Waals surface area contributed by atoms with Crippen molar-refractivity contribution >= 4 is 59.4 Å². The highest BCUT2D eigenvalue weighted by Crippen LogP contribution is 2.17. The lowest BCUT2D eigenvalue weighted by molar-refractivity contribution is 0.0948. The molecule has 1 amide bonds. The standard InChI is InChI=1S/C19H15Br3N4O/c1-12(14-4-8-16(21)9-5-14)23-24-19(27)18-17(22)11-26(25-18)10-13-2-6-15(20)7-3-13/h2-9,11H,10H2,1H3,(H,24,27)/b23-12-. The van der Waals surface area contributed by atoms with Gasteiger partial charge in [0.1, 0.15) is 0 Å². The van der Waals surface area contributed by atoms with Crippen molar-refractivity contribution in [3.05, 3.63) is 85.0 Å². The van der Waals surface area contributed by atoms with Crippen LogP contribution in [0, 0.1) is 0 Å². The molecule has 1 aromatic heterocycles. The van der Waals surface area contributed by atoms with Gasteiger partial charge in [-0.05, 0) is 58.2 Å². The predicted molar refractivity (Wildman–Crippen MR) is 117 cm³/mol. The second-order valence-corrected chi connectivity index (χ2v) is 8.48. The second kappa shape index (κ2) is 8.95. The quantitative estimate of drug-likeness (QED) is 0.340. The van der Waals surface area contributed by atoms with E-state index in [4.69, 9.17) is 0 Å². The number of hydrogen-bond donors (Lipinski definition) is 1. The van der Waals surface area contributed by atoms with Crippen LogP contribution in [0.5, 0.6) is 0 Å². The Bertz CT molecular complexity index is 979. The van der Waals surface area contributed by atoms with Crippen LogP contribution >= 0.6 is 47.8 Å². The highest BCUT2D eigenvalue weighted by atomic mass is 79.9. The van der Waals surface area contributed by atoms with Crippen LogP contribution in [0.4, 0.5) is 0 Å². The fourth-order valence-corrected chi connectivity index (χ4v) is 3.38. The first kappa shape index (κ1) is 20.0. The van der Waals surface area contributed by atoms with Gasteiger partial charge in [-0.2, -0.15) is 10.2 Å². The maximum atomic E-state index is 12.4. The molecule has 0 saturated heterocycles. The van der Waals surface area contributed by atoms with Gasteiger partial charge in [0.15, 0.2) is 5.69 Å². The van der Waals surface area contributed by atoms with Gasteiger partial charge < -0.3 is 0 Å². The molecule has 0 atom stereocenters.